The van der Waals surface area contributed by atoms with E-state index in [0.29, 0.717) is 18.1 Å². The lowest BCUT2D eigenvalue weighted by Gasteiger charge is -2.26. The lowest BCUT2D eigenvalue weighted by atomic mass is 9.97. The second kappa shape index (κ2) is 12.6. The molecule has 0 N–H and O–H groups in total. The van der Waals surface area contributed by atoms with Crippen LogP contribution >= 0.6 is 23.1 Å². The van der Waals surface area contributed by atoms with E-state index in [4.69, 9.17) is 19.2 Å². The lowest BCUT2D eigenvalue weighted by molar-refractivity contribution is -0.145. The van der Waals surface area contributed by atoms with Gasteiger partial charge in [-0.3, -0.25) is 0 Å². The van der Waals surface area contributed by atoms with E-state index in [0.717, 1.165) is 43.6 Å². The first kappa shape index (κ1) is 28.2. The largest absolute Gasteiger partial charge is 0.478 e. The van der Waals surface area contributed by atoms with Gasteiger partial charge in [0, 0.05) is 16.9 Å². The van der Waals surface area contributed by atoms with Gasteiger partial charge in [0.25, 0.3) is 0 Å². The SMILES string of the molecule is CCOC(=O)COc1cccc2c1OC(SCc1ccccc1)c1sc(-c3ccccc3-c3ccc4ccccc4c3)nc1-2. The fourth-order valence-electron chi connectivity index (χ4n) is 5.37. The van der Waals surface area contributed by atoms with Crippen LogP contribution in [0.5, 0.6) is 11.5 Å². The molecule has 5 nitrogen and oxygen atoms in total. The molecule has 0 saturated heterocycles. The number of hydrogen-bond donors (Lipinski definition) is 0. The molecule has 1 atom stereocenters. The summed E-state index contributed by atoms with van der Waals surface area (Å²) in [5, 5.41) is 3.35. The van der Waals surface area contributed by atoms with Crippen LogP contribution in [0.2, 0.25) is 0 Å². The van der Waals surface area contributed by atoms with E-state index < -0.39 is 5.97 Å². The first-order valence-corrected chi connectivity index (χ1v) is 16.4. The third kappa shape index (κ3) is 5.68. The maximum absolute atomic E-state index is 12.1. The Morgan fingerprint density at radius 3 is 2.43 bits per heavy atom. The van der Waals surface area contributed by atoms with Crippen molar-refractivity contribution < 1.29 is 19.0 Å². The molecule has 2 heterocycles. The van der Waals surface area contributed by atoms with E-state index in [2.05, 4.69) is 78.9 Å². The molecular formula is C37H29NO4S2. The van der Waals surface area contributed by atoms with Crippen molar-refractivity contribution in [3.05, 3.63) is 126 Å². The van der Waals surface area contributed by atoms with Gasteiger partial charge in [-0.05, 0) is 52.6 Å². The van der Waals surface area contributed by atoms with Crippen LogP contribution in [-0.4, -0.2) is 24.2 Å². The highest BCUT2D eigenvalue weighted by atomic mass is 32.2. The average Bonchev–Trinajstić information content (AvgIpc) is 3.53. The number of hydrogen-bond acceptors (Lipinski definition) is 7. The number of carbonyl (C=O) groups is 1. The summed E-state index contributed by atoms with van der Waals surface area (Å²) in [7, 11) is 0. The van der Waals surface area contributed by atoms with Crippen LogP contribution in [0, 0.1) is 0 Å². The van der Waals surface area contributed by atoms with Crippen LogP contribution in [0.15, 0.2) is 115 Å². The van der Waals surface area contributed by atoms with Gasteiger partial charge in [-0.1, -0.05) is 97.1 Å². The van der Waals surface area contributed by atoms with Crippen molar-refractivity contribution >= 4 is 39.8 Å². The molecule has 5 aromatic carbocycles. The summed E-state index contributed by atoms with van der Waals surface area (Å²) in [6.45, 7) is 1.89. The second-order valence-corrected chi connectivity index (χ2v) is 12.4. The maximum Gasteiger partial charge on any atom is 0.344 e. The lowest BCUT2D eigenvalue weighted by Crippen LogP contribution is -2.16. The Morgan fingerprint density at radius 2 is 1.59 bits per heavy atom. The van der Waals surface area contributed by atoms with Gasteiger partial charge < -0.3 is 14.2 Å². The molecule has 0 radical (unpaired) electrons. The van der Waals surface area contributed by atoms with Gasteiger partial charge in [0.1, 0.15) is 5.01 Å². The minimum absolute atomic E-state index is 0.191. The van der Waals surface area contributed by atoms with E-state index in [9.17, 15) is 4.79 Å². The van der Waals surface area contributed by atoms with Crippen LogP contribution in [0.4, 0.5) is 0 Å². The number of esters is 1. The molecule has 7 rings (SSSR count). The molecular weight excluding hydrogens is 587 g/mol. The molecule has 1 aliphatic heterocycles. The Hall–Kier alpha value is -4.59. The Morgan fingerprint density at radius 1 is 0.841 bits per heavy atom. The maximum atomic E-state index is 12.1. The van der Waals surface area contributed by atoms with E-state index in [1.807, 2.05) is 36.4 Å². The van der Waals surface area contributed by atoms with Gasteiger partial charge in [0.2, 0.25) is 0 Å². The van der Waals surface area contributed by atoms with Crippen LogP contribution in [0.3, 0.4) is 0 Å². The zero-order valence-corrected chi connectivity index (χ0v) is 25.7. The topological polar surface area (TPSA) is 57.7 Å². The Kier molecular flexibility index (Phi) is 8.05. The van der Waals surface area contributed by atoms with E-state index in [-0.39, 0.29) is 12.0 Å². The summed E-state index contributed by atoms with van der Waals surface area (Å²) in [5.74, 6) is 1.44. The number of thioether (sulfide) groups is 1. The highest BCUT2D eigenvalue weighted by Gasteiger charge is 2.33. The monoisotopic (exact) mass is 615 g/mol. The van der Waals surface area contributed by atoms with Crippen molar-refractivity contribution in [1.29, 1.82) is 0 Å². The quantitative estimate of drug-likeness (QED) is 0.151. The van der Waals surface area contributed by atoms with Crippen LogP contribution < -0.4 is 9.47 Å². The van der Waals surface area contributed by atoms with Gasteiger partial charge in [-0.25, -0.2) is 9.78 Å². The van der Waals surface area contributed by atoms with Gasteiger partial charge >= 0.3 is 5.97 Å². The van der Waals surface area contributed by atoms with Crippen molar-refractivity contribution in [3.8, 4) is 44.5 Å². The van der Waals surface area contributed by atoms with E-state index >= 15 is 0 Å². The third-order valence-corrected chi connectivity index (χ3v) is 9.86. The smallest absolute Gasteiger partial charge is 0.344 e. The Labute approximate surface area is 264 Å². The van der Waals surface area contributed by atoms with Crippen molar-refractivity contribution in [1.82, 2.24) is 4.98 Å². The molecule has 44 heavy (non-hydrogen) atoms. The van der Waals surface area contributed by atoms with Crippen molar-refractivity contribution in [2.24, 2.45) is 0 Å². The number of nitrogens with zero attached hydrogens (tertiary/aromatic N) is 1. The Balaban J connectivity index is 1.30. The standard InChI is InChI=1S/C37H29NO4S2/c1-2-40-32(39)22-41-31-18-10-17-30-33-35(37(42-34(30)31)43-23-24-11-4-3-5-12-24)44-36(38-33)29-16-9-8-15-28(29)27-20-19-25-13-6-7-14-26(25)21-27/h3-21,37H,2,22-23H2,1H3. The first-order chi connectivity index (χ1) is 21.7. The molecule has 0 saturated carbocycles. The molecule has 0 bridgehead atoms. The van der Waals surface area contributed by atoms with E-state index in [1.54, 1.807) is 30.0 Å². The summed E-state index contributed by atoms with van der Waals surface area (Å²) < 4.78 is 17.7. The molecule has 218 valence electrons. The van der Waals surface area contributed by atoms with Gasteiger partial charge in [0.05, 0.1) is 17.2 Å². The number of carbonyl (C=O) groups excluding carboxylic acids is 1. The zero-order valence-electron chi connectivity index (χ0n) is 24.1. The normalized spacial score (nSPS) is 13.5. The van der Waals surface area contributed by atoms with Gasteiger partial charge in [-0.2, -0.15) is 0 Å². The molecule has 0 aliphatic carbocycles. The van der Waals surface area contributed by atoms with Crippen molar-refractivity contribution in [2.45, 2.75) is 18.1 Å². The van der Waals surface area contributed by atoms with Crippen LogP contribution in [0.1, 0.15) is 22.8 Å². The minimum Gasteiger partial charge on any atom is -0.478 e. The van der Waals surface area contributed by atoms with Crippen molar-refractivity contribution in [2.75, 3.05) is 13.2 Å². The molecule has 1 aliphatic rings. The number of para-hydroxylation sites is 1. The number of thiazole rings is 1. The third-order valence-electron chi connectivity index (χ3n) is 7.44. The predicted molar refractivity (Wildman–Crippen MR) is 179 cm³/mol. The molecule has 0 spiro atoms. The molecule has 1 aromatic heterocycles. The fraction of sp³-hybridized carbons (Fsp3) is 0.135. The fourth-order valence-corrected chi connectivity index (χ4v) is 7.71. The van der Waals surface area contributed by atoms with Gasteiger partial charge in [0.15, 0.2) is 23.5 Å². The van der Waals surface area contributed by atoms with Crippen molar-refractivity contribution in [3.63, 3.8) is 0 Å². The first-order valence-electron chi connectivity index (χ1n) is 14.5. The summed E-state index contributed by atoms with van der Waals surface area (Å²) >= 11 is 3.38. The molecule has 1 unspecified atom stereocenters. The molecule has 6 aromatic rings. The van der Waals surface area contributed by atoms with Crippen LogP contribution in [-0.2, 0) is 15.3 Å². The van der Waals surface area contributed by atoms with Crippen LogP contribution in [0.25, 0.3) is 43.7 Å². The molecule has 0 fully saturated rings. The number of benzene rings is 5. The predicted octanol–water partition coefficient (Wildman–Crippen LogP) is 9.56. The highest BCUT2D eigenvalue weighted by molar-refractivity contribution is 7.98. The summed E-state index contributed by atoms with van der Waals surface area (Å²) in [4.78, 5) is 18.4. The summed E-state index contributed by atoms with van der Waals surface area (Å²) in [6, 6.07) is 39.6. The van der Waals surface area contributed by atoms with E-state index in [1.165, 1.54) is 16.3 Å². The highest BCUT2D eigenvalue weighted by Crippen LogP contribution is 2.54. The second-order valence-electron chi connectivity index (χ2n) is 10.3. The minimum atomic E-state index is -0.419. The Bertz CT molecular complexity index is 1950. The number of rotatable bonds is 9. The number of ether oxygens (including phenoxy) is 3. The summed E-state index contributed by atoms with van der Waals surface area (Å²) in [5.41, 5.74) is 6.00. The number of fused-ring (bicyclic) bond motifs is 4. The summed E-state index contributed by atoms with van der Waals surface area (Å²) in [6.07, 6.45) is 0. The number of aromatic nitrogens is 1. The van der Waals surface area contributed by atoms with Gasteiger partial charge in [-0.15, -0.1) is 23.1 Å². The molecule has 0 amide bonds. The molecule has 7 heteroatoms. The average molecular weight is 616 g/mol. The zero-order chi connectivity index (χ0) is 29.9.